The van der Waals surface area contributed by atoms with E-state index in [1.54, 1.807) is 11.6 Å². The van der Waals surface area contributed by atoms with Crippen molar-refractivity contribution in [2.45, 2.75) is 20.3 Å². The second kappa shape index (κ2) is 6.54. The molecule has 0 spiro atoms. The predicted molar refractivity (Wildman–Crippen MR) is 80.3 cm³/mol. The van der Waals surface area contributed by atoms with E-state index in [-0.39, 0.29) is 17.5 Å². The second-order valence-electron chi connectivity index (χ2n) is 4.47. The normalized spacial score (nSPS) is 10.4. The van der Waals surface area contributed by atoms with Gasteiger partial charge in [-0.2, -0.15) is 5.10 Å². The molecule has 0 aliphatic carbocycles. The van der Waals surface area contributed by atoms with Gasteiger partial charge in [-0.3, -0.25) is 9.59 Å². The molecule has 2 aromatic rings. The number of ether oxygens (including phenoxy) is 1. The summed E-state index contributed by atoms with van der Waals surface area (Å²) in [6.07, 6.45) is -0.183. The highest BCUT2D eigenvalue weighted by Gasteiger charge is 2.10. The molecule has 5 nitrogen and oxygen atoms in total. The molecule has 0 saturated carbocycles. The lowest BCUT2D eigenvalue weighted by molar-refractivity contribution is -0.111. The summed E-state index contributed by atoms with van der Waals surface area (Å²) < 4.78 is 6.98. The van der Waals surface area contributed by atoms with Crippen molar-refractivity contribution in [1.29, 1.82) is 0 Å². The third kappa shape index (κ3) is 3.70. The molecule has 0 amide bonds. The van der Waals surface area contributed by atoms with Gasteiger partial charge in [-0.25, -0.2) is 4.68 Å². The molecule has 1 aromatic carbocycles. The maximum atomic E-state index is 11.8. The minimum Gasteiger partial charge on any atom is -0.494 e. The van der Waals surface area contributed by atoms with Crippen LogP contribution in [0.3, 0.4) is 0 Å². The molecule has 110 valence electrons. The molecular formula is C15H15ClN2O3. The van der Waals surface area contributed by atoms with Gasteiger partial charge >= 0.3 is 0 Å². The third-order valence-corrected chi connectivity index (χ3v) is 3.01. The van der Waals surface area contributed by atoms with Crippen molar-refractivity contribution in [3.8, 4) is 11.4 Å². The number of benzene rings is 1. The first kappa shape index (κ1) is 15.3. The number of carbonyl (C=O) groups excluding carboxylic acids is 1. The van der Waals surface area contributed by atoms with Crippen LogP contribution >= 0.6 is 11.6 Å². The highest BCUT2D eigenvalue weighted by molar-refractivity contribution is 6.63. The van der Waals surface area contributed by atoms with Crippen molar-refractivity contribution in [3.63, 3.8) is 0 Å². The first-order valence-electron chi connectivity index (χ1n) is 6.52. The van der Waals surface area contributed by atoms with Crippen LogP contribution in [0.1, 0.15) is 18.3 Å². The molecule has 2 rings (SSSR count). The Bertz CT molecular complexity index is 708. The Morgan fingerprint density at radius 2 is 2.00 bits per heavy atom. The quantitative estimate of drug-likeness (QED) is 0.795. The van der Waals surface area contributed by atoms with E-state index in [1.165, 1.54) is 6.07 Å². The maximum absolute atomic E-state index is 11.8. The first-order valence-corrected chi connectivity index (χ1v) is 6.90. The second-order valence-corrected chi connectivity index (χ2v) is 4.89. The van der Waals surface area contributed by atoms with Crippen LogP contribution in [0, 0.1) is 6.92 Å². The molecule has 0 fully saturated rings. The Balaban J connectivity index is 2.42. The molecule has 0 aliphatic rings. The number of nitrogens with zero attached hydrogens (tertiary/aromatic N) is 2. The Kier molecular flexibility index (Phi) is 4.75. The highest BCUT2D eigenvalue weighted by atomic mass is 35.5. The van der Waals surface area contributed by atoms with Crippen molar-refractivity contribution in [1.82, 2.24) is 9.78 Å². The molecule has 0 aliphatic heterocycles. The Morgan fingerprint density at radius 3 is 2.57 bits per heavy atom. The zero-order chi connectivity index (χ0) is 15.4. The van der Waals surface area contributed by atoms with Crippen LogP contribution in [0.25, 0.3) is 5.69 Å². The van der Waals surface area contributed by atoms with Crippen LogP contribution in [0.4, 0.5) is 0 Å². The largest absolute Gasteiger partial charge is 0.494 e. The van der Waals surface area contributed by atoms with E-state index >= 15 is 0 Å². The van der Waals surface area contributed by atoms with Crippen molar-refractivity contribution >= 4 is 16.8 Å². The fraction of sp³-hybridized carbons (Fsp3) is 0.267. The van der Waals surface area contributed by atoms with E-state index in [4.69, 9.17) is 16.3 Å². The lowest BCUT2D eigenvalue weighted by Crippen LogP contribution is -2.20. The van der Waals surface area contributed by atoms with E-state index in [0.29, 0.717) is 12.3 Å². The summed E-state index contributed by atoms with van der Waals surface area (Å²) in [5, 5.41) is 3.61. The zero-order valence-electron chi connectivity index (χ0n) is 11.8. The van der Waals surface area contributed by atoms with Crippen LogP contribution < -0.4 is 10.2 Å². The van der Waals surface area contributed by atoms with Gasteiger partial charge in [0.15, 0.2) is 0 Å². The van der Waals surface area contributed by atoms with E-state index in [1.807, 2.05) is 31.2 Å². The molecule has 0 unspecified atom stereocenters. The number of carbonyl (C=O) groups is 1. The average Bonchev–Trinajstić information content (AvgIpc) is 2.43. The molecule has 21 heavy (non-hydrogen) atoms. The molecule has 0 radical (unpaired) electrons. The Labute approximate surface area is 127 Å². The lowest BCUT2D eigenvalue weighted by Gasteiger charge is -2.11. The molecule has 0 N–H and O–H groups in total. The fourth-order valence-corrected chi connectivity index (χ4v) is 2.08. The van der Waals surface area contributed by atoms with Crippen LogP contribution in [0.15, 0.2) is 35.1 Å². The van der Waals surface area contributed by atoms with Gasteiger partial charge < -0.3 is 4.74 Å². The number of hydrogen-bond donors (Lipinski definition) is 0. The summed E-state index contributed by atoms with van der Waals surface area (Å²) in [5.74, 6) is 0.760. The summed E-state index contributed by atoms with van der Waals surface area (Å²) in [6.45, 7) is 4.28. The SMILES string of the molecule is CCOc1ccc(-n2nc(CC(=O)Cl)c(=O)cc2C)cc1. The molecule has 1 heterocycles. The first-order chi connectivity index (χ1) is 10.0. The van der Waals surface area contributed by atoms with Crippen LogP contribution in [0.2, 0.25) is 0 Å². The number of halogens is 1. The van der Waals surface area contributed by atoms with Crippen molar-refractivity contribution in [3.05, 3.63) is 51.9 Å². The molecule has 0 atom stereocenters. The summed E-state index contributed by atoms with van der Waals surface area (Å²) in [4.78, 5) is 22.8. The van der Waals surface area contributed by atoms with E-state index in [0.717, 1.165) is 11.4 Å². The zero-order valence-corrected chi connectivity index (χ0v) is 12.6. The third-order valence-electron chi connectivity index (χ3n) is 2.88. The highest BCUT2D eigenvalue weighted by Crippen LogP contribution is 2.15. The van der Waals surface area contributed by atoms with E-state index in [9.17, 15) is 9.59 Å². The summed E-state index contributed by atoms with van der Waals surface area (Å²) >= 11 is 5.33. The molecule has 0 bridgehead atoms. The van der Waals surface area contributed by atoms with Crippen LogP contribution in [-0.4, -0.2) is 21.6 Å². The summed E-state index contributed by atoms with van der Waals surface area (Å²) in [7, 11) is 0. The lowest BCUT2D eigenvalue weighted by atomic mass is 10.2. The number of aryl methyl sites for hydroxylation is 1. The Morgan fingerprint density at radius 1 is 1.33 bits per heavy atom. The van der Waals surface area contributed by atoms with Gasteiger partial charge in [-0.15, -0.1) is 0 Å². The van der Waals surface area contributed by atoms with Crippen molar-refractivity contribution in [2.24, 2.45) is 0 Å². The number of aromatic nitrogens is 2. The van der Waals surface area contributed by atoms with E-state index in [2.05, 4.69) is 5.10 Å². The smallest absolute Gasteiger partial charge is 0.227 e. The number of hydrogen-bond acceptors (Lipinski definition) is 4. The summed E-state index contributed by atoms with van der Waals surface area (Å²) in [6, 6.07) is 8.76. The van der Waals surface area contributed by atoms with Crippen LogP contribution in [0.5, 0.6) is 5.75 Å². The molecular weight excluding hydrogens is 292 g/mol. The minimum absolute atomic E-state index is 0.134. The molecule has 6 heteroatoms. The van der Waals surface area contributed by atoms with Gasteiger partial charge in [0.25, 0.3) is 0 Å². The van der Waals surface area contributed by atoms with Gasteiger partial charge in [0.2, 0.25) is 10.7 Å². The fourth-order valence-electron chi connectivity index (χ4n) is 1.95. The van der Waals surface area contributed by atoms with Gasteiger partial charge in [-0.1, -0.05) is 0 Å². The summed E-state index contributed by atoms with van der Waals surface area (Å²) in [5.41, 5.74) is 1.30. The van der Waals surface area contributed by atoms with Gasteiger partial charge in [-0.05, 0) is 49.7 Å². The molecule has 0 saturated heterocycles. The van der Waals surface area contributed by atoms with Crippen LogP contribution in [-0.2, 0) is 11.2 Å². The monoisotopic (exact) mass is 306 g/mol. The van der Waals surface area contributed by atoms with Gasteiger partial charge in [0, 0.05) is 11.8 Å². The van der Waals surface area contributed by atoms with Crippen molar-refractivity contribution < 1.29 is 9.53 Å². The Hall–Kier alpha value is -2.14. The average molecular weight is 307 g/mol. The topological polar surface area (TPSA) is 61.2 Å². The maximum Gasteiger partial charge on any atom is 0.227 e. The van der Waals surface area contributed by atoms with E-state index < -0.39 is 5.24 Å². The van der Waals surface area contributed by atoms with Crippen molar-refractivity contribution in [2.75, 3.05) is 6.61 Å². The standard InChI is InChI=1S/C15H15ClN2O3/c1-3-21-12-6-4-11(5-7-12)18-10(2)8-14(19)13(17-18)9-15(16)20/h4-8H,3,9H2,1-2H3. The predicted octanol–water partition coefficient (Wildman–Crippen LogP) is 2.25. The minimum atomic E-state index is -0.610. The molecule has 1 aromatic heterocycles. The number of rotatable bonds is 5. The van der Waals surface area contributed by atoms with Gasteiger partial charge in [0.05, 0.1) is 18.7 Å². The van der Waals surface area contributed by atoms with Gasteiger partial charge in [0.1, 0.15) is 11.4 Å².